The van der Waals surface area contributed by atoms with Crippen LogP contribution < -0.4 is 0 Å². The molecule has 2 aromatic heterocycles. The van der Waals surface area contributed by atoms with Crippen LogP contribution >= 0.6 is 0 Å². The molecule has 2 rings (SSSR count). The van der Waals surface area contributed by atoms with Gasteiger partial charge in [0.1, 0.15) is 0 Å². The number of hydrogen-bond donors (Lipinski definition) is 0. The molecule has 0 saturated heterocycles. The van der Waals surface area contributed by atoms with Crippen molar-refractivity contribution in [3.63, 3.8) is 0 Å². The molecule has 2 aromatic rings. The van der Waals surface area contributed by atoms with Crippen LogP contribution in [0.1, 0.15) is 2.74 Å². The summed E-state index contributed by atoms with van der Waals surface area (Å²) < 4.78 is 16.1. The van der Waals surface area contributed by atoms with Gasteiger partial charge in [0.25, 0.3) is 0 Å². The van der Waals surface area contributed by atoms with Gasteiger partial charge >= 0.3 is 0 Å². The predicted molar refractivity (Wildman–Crippen MR) is 33.0 cm³/mol. The average molecular weight is 121 g/mol. The lowest BCUT2D eigenvalue weighted by Crippen LogP contribution is -1.81. The first-order valence-corrected chi connectivity index (χ1v) is 2.54. The van der Waals surface area contributed by atoms with Gasteiger partial charge in [-0.2, -0.15) is 0 Å². The summed E-state index contributed by atoms with van der Waals surface area (Å²) in [6, 6.07) is 0. The van der Waals surface area contributed by atoms with Crippen LogP contribution in [0.3, 0.4) is 0 Å². The summed E-state index contributed by atoms with van der Waals surface area (Å²) >= 11 is 0. The maximum absolute atomic E-state index is 7.36. The third-order valence-corrected chi connectivity index (χ3v) is 1.06. The number of aromatic nitrogens is 3. The number of imidazole rings is 1. The Labute approximate surface area is 54.8 Å². The molecule has 0 aromatic carbocycles. The summed E-state index contributed by atoms with van der Waals surface area (Å²) in [4.78, 5) is 7.64. The Hall–Kier alpha value is -1.38. The first kappa shape index (κ1) is 2.96. The zero-order chi connectivity index (χ0) is 7.84. The van der Waals surface area contributed by atoms with Crippen LogP contribution in [-0.4, -0.2) is 14.4 Å². The molecule has 0 aliphatic heterocycles. The van der Waals surface area contributed by atoms with E-state index in [1.54, 1.807) is 0 Å². The summed E-state index contributed by atoms with van der Waals surface area (Å²) in [5, 5.41) is 0. The van der Waals surface area contributed by atoms with E-state index < -0.39 is 0 Å². The van der Waals surface area contributed by atoms with Crippen molar-refractivity contribution < 1.29 is 2.74 Å². The Morgan fingerprint density at radius 2 is 2.33 bits per heavy atom. The second-order valence-electron chi connectivity index (χ2n) is 1.62. The fourth-order valence-corrected chi connectivity index (χ4v) is 0.666. The number of hydrogen-bond acceptors (Lipinski definition) is 2. The highest BCUT2D eigenvalue weighted by Gasteiger charge is 1.86. The van der Waals surface area contributed by atoms with Gasteiger partial charge in [-0.15, -0.1) is 0 Å². The zero-order valence-corrected chi connectivity index (χ0v) is 4.57. The highest BCUT2D eigenvalue weighted by atomic mass is 15.0. The standard InChI is InChI=1S/C6H5N3/c1-3-9-4-2-8-6(9)5-7-1/h1-5H/i3D,4D. The third-order valence-electron chi connectivity index (χ3n) is 1.06. The van der Waals surface area contributed by atoms with Gasteiger partial charge in [0, 0.05) is 24.7 Å². The monoisotopic (exact) mass is 121 g/mol. The van der Waals surface area contributed by atoms with Crippen LogP contribution in [-0.2, 0) is 0 Å². The minimum Gasteiger partial charge on any atom is -0.304 e. The van der Waals surface area contributed by atoms with E-state index >= 15 is 0 Å². The first-order valence-electron chi connectivity index (χ1n) is 3.54. The molecule has 0 aliphatic carbocycles. The minimum absolute atomic E-state index is 0.185. The van der Waals surface area contributed by atoms with Gasteiger partial charge in [-0.05, 0) is 0 Å². The molecule has 0 radical (unpaired) electrons. The quantitative estimate of drug-likeness (QED) is 0.514. The smallest absolute Gasteiger partial charge is 0.155 e. The lowest BCUT2D eigenvalue weighted by atomic mass is 10.7. The van der Waals surface area contributed by atoms with E-state index in [0.29, 0.717) is 5.65 Å². The van der Waals surface area contributed by atoms with Crippen molar-refractivity contribution in [3.8, 4) is 0 Å². The van der Waals surface area contributed by atoms with Crippen LogP contribution in [0.15, 0.2) is 30.9 Å². The number of rotatable bonds is 0. The third kappa shape index (κ3) is 0.579. The van der Waals surface area contributed by atoms with E-state index in [1.807, 2.05) is 0 Å². The van der Waals surface area contributed by atoms with Gasteiger partial charge in [0.15, 0.2) is 5.65 Å². The van der Waals surface area contributed by atoms with Crippen molar-refractivity contribution in [1.82, 2.24) is 14.4 Å². The minimum atomic E-state index is 0.185. The molecule has 44 valence electrons. The molecule has 0 bridgehead atoms. The molecule has 0 fully saturated rings. The van der Waals surface area contributed by atoms with Gasteiger partial charge in [-0.25, -0.2) is 4.98 Å². The van der Waals surface area contributed by atoms with E-state index in [4.69, 9.17) is 2.74 Å². The molecule has 0 amide bonds. The molecule has 0 N–H and O–H groups in total. The van der Waals surface area contributed by atoms with Crippen molar-refractivity contribution >= 4 is 5.65 Å². The molecule has 0 saturated carbocycles. The van der Waals surface area contributed by atoms with Crippen molar-refractivity contribution in [2.45, 2.75) is 0 Å². The zero-order valence-electron chi connectivity index (χ0n) is 6.57. The highest BCUT2D eigenvalue weighted by molar-refractivity contribution is 5.33. The Morgan fingerprint density at radius 1 is 1.44 bits per heavy atom. The molecular formula is C6H5N3. The molecule has 0 atom stereocenters. The predicted octanol–water partition coefficient (Wildman–Crippen LogP) is 0.729. The van der Waals surface area contributed by atoms with Gasteiger partial charge < -0.3 is 4.40 Å². The Bertz CT molecular complexity index is 396. The van der Waals surface area contributed by atoms with Gasteiger partial charge in [0.2, 0.25) is 0 Å². The molecule has 0 unspecified atom stereocenters. The van der Waals surface area contributed by atoms with Crippen molar-refractivity contribution in [1.29, 1.82) is 0 Å². The lowest BCUT2D eigenvalue weighted by Gasteiger charge is -1.86. The largest absolute Gasteiger partial charge is 0.304 e. The number of nitrogens with zero attached hydrogens (tertiary/aromatic N) is 3. The molecule has 0 aliphatic rings. The average Bonchev–Trinajstić information content (AvgIpc) is 2.34. The van der Waals surface area contributed by atoms with E-state index in [1.165, 1.54) is 23.0 Å². The number of fused-ring (bicyclic) bond motifs is 1. The van der Waals surface area contributed by atoms with Gasteiger partial charge in [-0.1, -0.05) is 0 Å². The second kappa shape index (κ2) is 1.55. The summed E-state index contributed by atoms with van der Waals surface area (Å²) in [5.41, 5.74) is 0.544. The maximum atomic E-state index is 7.36. The van der Waals surface area contributed by atoms with Crippen LogP contribution in [0.5, 0.6) is 0 Å². The maximum Gasteiger partial charge on any atom is 0.155 e. The van der Waals surface area contributed by atoms with E-state index in [0.717, 1.165) is 0 Å². The lowest BCUT2D eigenvalue weighted by molar-refractivity contribution is 1.13. The van der Waals surface area contributed by atoms with Crippen LogP contribution in [0.2, 0.25) is 0 Å². The Morgan fingerprint density at radius 3 is 3.22 bits per heavy atom. The molecule has 3 heteroatoms. The van der Waals surface area contributed by atoms with Crippen LogP contribution in [0, 0.1) is 0 Å². The molecule has 9 heavy (non-hydrogen) atoms. The van der Waals surface area contributed by atoms with E-state index in [-0.39, 0.29) is 12.3 Å². The van der Waals surface area contributed by atoms with E-state index in [2.05, 4.69) is 9.97 Å². The highest BCUT2D eigenvalue weighted by Crippen LogP contribution is 1.93. The summed E-state index contributed by atoms with van der Waals surface area (Å²) in [6.45, 7) is 0. The summed E-state index contributed by atoms with van der Waals surface area (Å²) in [5.74, 6) is 0. The van der Waals surface area contributed by atoms with E-state index in [9.17, 15) is 0 Å². The Kier molecular flexibility index (Phi) is 0.509. The van der Waals surface area contributed by atoms with Gasteiger partial charge in [0.05, 0.1) is 8.94 Å². The first-order chi connectivity index (χ1) is 5.29. The molecular weight excluding hydrogens is 114 g/mol. The fraction of sp³-hybridized carbons (Fsp3) is 0. The van der Waals surface area contributed by atoms with Crippen molar-refractivity contribution in [2.24, 2.45) is 0 Å². The molecule has 3 nitrogen and oxygen atoms in total. The van der Waals surface area contributed by atoms with Gasteiger partial charge in [-0.3, -0.25) is 4.98 Å². The normalized spacial score (nSPS) is 13.3. The molecule has 2 heterocycles. The van der Waals surface area contributed by atoms with Crippen molar-refractivity contribution in [2.75, 3.05) is 0 Å². The SMILES string of the molecule is [2H]c1cncc2ncc([2H])n12. The summed E-state index contributed by atoms with van der Waals surface area (Å²) in [7, 11) is 0. The fourth-order valence-electron chi connectivity index (χ4n) is 0.666. The topological polar surface area (TPSA) is 30.2 Å². The van der Waals surface area contributed by atoms with Crippen LogP contribution in [0.4, 0.5) is 0 Å². The second-order valence-corrected chi connectivity index (χ2v) is 1.62. The molecule has 0 spiro atoms. The van der Waals surface area contributed by atoms with Crippen LogP contribution in [0.25, 0.3) is 5.65 Å². The summed E-state index contributed by atoms with van der Waals surface area (Å²) in [6.07, 6.45) is 4.70. The van der Waals surface area contributed by atoms with Crippen molar-refractivity contribution in [3.05, 3.63) is 30.9 Å². The Balaban J connectivity index is 2.96.